The summed E-state index contributed by atoms with van der Waals surface area (Å²) in [5.74, 6) is -3.41. The SMILES string of the molecule is COCCOCCOC(=O)C(C)(COC(=O)NCCCCCO[Si](C)(C)C(C)(C)C)COC(=O)[C@H](C)OC(=O)[C@@H](C)OC(C)=O. The predicted molar refractivity (Wildman–Crippen MR) is 166 cm³/mol. The molecule has 1 amide bonds. The van der Waals surface area contributed by atoms with Crippen molar-refractivity contribution in [2.24, 2.45) is 5.41 Å². The first-order valence-corrected chi connectivity index (χ1v) is 18.1. The fourth-order valence-corrected chi connectivity index (χ4v) is 4.24. The minimum atomic E-state index is -1.79. The molecule has 0 rings (SSSR count). The highest BCUT2D eigenvalue weighted by molar-refractivity contribution is 6.74. The van der Waals surface area contributed by atoms with Gasteiger partial charge in [0, 0.05) is 27.2 Å². The fraction of sp³-hybridized carbons (Fsp3) is 0.833. The Morgan fingerprint density at radius 3 is 1.93 bits per heavy atom. The summed E-state index contributed by atoms with van der Waals surface area (Å²) in [7, 11) is -0.265. The molecule has 14 nitrogen and oxygen atoms in total. The van der Waals surface area contributed by atoms with E-state index in [2.05, 4.69) is 39.2 Å². The van der Waals surface area contributed by atoms with E-state index in [0.29, 0.717) is 32.8 Å². The van der Waals surface area contributed by atoms with Gasteiger partial charge < -0.3 is 42.9 Å². The molecule has 3 atom stereocenters. The normalized spacial score (nSPS) is 14.4. The largest absolute Gasteiger partial charge is 0.463 e. The van der Waals surface area contributed by atoms with Crippen LogP contribution in [-0.2, 0) is 56.8 Å². The van der Waals surface area contributed by atoms with Crippen LogP contribution < -0.4 is 5.32 Å². The molecule has 45 heavy (non-hydrogen) atoms. The molecule has 0 aromatic carbocycles. The Kier molecular flexibility index (Phi) is 19.8. The van der Waals surface area contributed by atoms with Gasteiger partial charge in [0.05, 0.1) is 19.8 Å². The first-order chi connectivity index (χ1) is 20.9. The highest BCUT2D eigenvalue weighted by atomic mass is 28.4. The summed E-state index contributed by atoms with van der Waals surface area (Å²) in [6.45, 7) is 16.8. The van der Waals surface area contributed by atoms with Crippen molar-refractivity contribution in [1.29, 1.82) is 0 Å². The number of alkyl carbamates (subject to hydrolysis) is 1. The minimum Gasteiger partial charge on any atom is -0.463 e. The minimum absolute atomic E-state index is 0.0977. The van der Waals surface area contributed by atoms with Gasteiger partial charge in [-0.15, -0.1) is 0 Å². The molecule has 1 unspecified atom stereocenters. The van der Waals surface area contributed by atoms with Gasteiger partial charge in [0.25, 0.3) is 0 Å². The van der Waals surface area contributed by atoms with Crippen molar-refractivity contribution in [3.8, 4) is 0 Å². The number of hydrogen-bond donors (Lipinski definition) is 1. The Morgan fingerprint density at radius 2 is 1.33 bits per heavy atom. The number of rotatable bonds is 22. The maximum absolute atomic E-state index is 13.0. The van der Waals surface area contributed by atoms with Gasteiger partial charge in [-0.2, -0.15) is 0 Å². The molecule has 0 bridgehead atoms. The zero-order valence-electron chi connectivity index (χ0n) is 28.7. The topological polar surface area (TPSA) is 171 Å². The van der Waals surface area contributed by atoms with E-state index in [1.54, 1.807) is 0 Å². The second-order valence-electron chi connectivity index (χ2n) is 12.4. The molecule has 0 saturated heterocycles. The molecular weight excluding hydrogens is 610 g/mol. The highest BCUT2D eigenvalue weighted by Gasteiger charge is 2.40. The molecule has 0 spiro atoms. The van der Waals surface area contributed by atoms with Crippen LogP contribution >= 0.6 is 0 Å². The van der Waals surface area contributed by atoms with Crippen molar-refractivity contribution in [2.45, 2.75) is 98.1 Å². The van der Waals surface area contributed by atoms with E-state index in [9.17, 15) is 24.0 Å². The van der Waals surface area contributed by atoms with Crippen molar-refractivity contribution in [3.05, 3.63) is 0 Å². The van der Waals surface area contributed by atoms with Crippen LogP contribution in [0.4, 0.5) is 4.79 Å². The summed E-state index contributed by atoms with van der Waals surface area (Å²) in [6, 6.07) is 0. The molecule has 1 N–H and O–H groups in total. The molecule has 0 aliphatic carbocycles. The lowest BCUT2D eigenvalue weighted by Crippen LogP contribution is -2.43. The van der Waals surface area contributed by atoms with E-state index < -0.39 is 69.1 Å². The summed E-state index contributed by atoms with van der Waals surface area (Å²) in [5, 5.41) is 2.79. The lowest BCUT2D eigenvalue weighted by atomic mass is 9.93. The van der Waals surface area contributed by atoms with Gasteiger partial charge >= 0.3 is 30.0 Å². The third-order valence-electron chi connectivity index (χ3n) is 7.10. The van der Waals surface area contributed by atoms with E-state index >= 15 is 0 Å². The summed E-state index contributed by atoms with van der Waals surface area (Å²) in [4.78, 5) is 61.0. The first kappa shape index (κ1) is 42.2. The number of esters is 4. The molecule has 262 valence electrons. The molecule has 0 aliphatic rings. The van der Waals surface area contributed by atoms with E-state index in [-0.39, 0.29) is 18.3 Å². The third kappa shape index (κ3) is 18.1. The Hall–Kier alpha value is -2.75. The van der Waals surface area contributed by atoms with Gasteiger partial charge in [0.15, 0.2) is 20.5 Å². The number of nitrogens with one attached hydrogen (secondary N) is 1. The Morgan fingerprint density at radius 1 is 0.733 bits per heavy atom. The Labute approximate surface area is 268 Å². The van der Waals surface area contributed by atoms with Crippen molar-refractivity contribution in [2.75, 3.05) is 59.9 Å². The second kappa shape index (κ2) is 21.1. The van der Waals surface area contributed by atoms with Crippen LogP contribution in [0.25, 0.3) is 0 Å². The zero-order valence-corrected chi connectivity index (χ0v) is 29.7. The molecule has 0 radical (unpaired) electrons. The molecule has 0 aromatic heterocycles. The van der Waals surface area contributed by atoms with Crippen molar-refractivity contribution in [1.82, 2.24) is 5.32 Å². The quantitative estimate of drug-likeness (QED) is 0.0771. The van der Waals surface area contributed by atoms with E-state index in [4.69, 9.17) is 37.6 Å². The monoisotopic (exact) mass is 665 g/mol. The van der Waals surface area contributed by atoms with Crippen LogP contribution in [0.3, 0.4) is 0 Å². The lowest BCUT2D eigenvalue weighted by molar-refractivity contribution is -0.180. The molecule has 0 saturated carbocycles. The number of unbranched alkanes of at least 4 members (excludes halogenated alkanes) is 2. The van der Waals surface area contributed by atoms with Crippen LogP contribution in [-0.4, -0.2) is 110 Å². The van der Waals surface area contributed by atoms with Crippen LogP contribution in [0.5, 0.6) is 0 Å². The lowest BCUT2D eigenvalue weighted by Gasteiger charge is -2.36. The van der Waals surface area contributed by atoms with Gasteiger partial charge in [0.1, 0.15) is 25.2 Å². The smallest absolute Gasteiger partial charge is 0.407 e. The van der Waals surface area contributed by atoms with E-state index in [1.165, 1.54) is 27.9 Å². The second-order valence-corrected chi connectivity index (χ2v) is 17.2. The summed E-state index contributed by atoms with van der Waals surface area (Å²) >= 11 is 0. The van der Waals surface area contributed by atoms with Gasteiger partial charge in [-0.05, 0) is 58.2 Å². The van der Waals surface area contributed by atoms with E-state index in [0.717, 1.165) is 19.8 Å². The average molecular weight is 666 g/mol. The van der Waals surface area contributed by atoms with Gasteiger partial charge in [-0.3, -0.25) is 9.59 Å². The van der Waals surface area contributed by atoms with Crippen LogP contribution in [0.15, 0.2) is 0 Å². The Balaban J connectivity index is 4.94. The third-order valence-corrected chi connectivity index (χ3v) is 11.6. The molecular formula is C30H55NO13Si. The fourth-order valence-electron chi connectivity index (χ4n) is 3.15. The molecule has 0 aliphatic heterocycles. The zero-order chi connectivity index (χ0) is 34.7. The number of amides is 1. The summed E-state index contributed by atoms with van der Waals surface area (Å²) < 4.78 is 41.8. The van der Waals surface area contributed by atoms with Crippen LogP contribution in [0.2, 0.25) is 18.1 Å². The number of hydrogen-bond acceptors (Lipinski definition) is 13. The molecule has 0 fully saturated rings. The van der Waals surface area contributed by atoms with Crippen LogP contribution in [0, 0.1) is 5.41 Å². The standard InChI is InChI=1S/C30H55NO13Si/c1-22(44-26(34)23(2)43-24(3)32)25(33)40-20-30(7,27(35)39-19-18-38-17-16-37-8)21-41-28(36)31-14-12-11-13-15-42-45(9,10)29(4,5)6/h22-23H,11-21H2,1-10H3,(H,31,36)/t22-,23+,30?/m0/s1. The van der Waals surface area contributed by atoms with Crippen LogP contribution in [0.1, 0.15) is 67.7 Å². The Bertz CT molecular complexity index is 937. The van der Waals surface area contributed by atoms with Crippen molar-refractivity contribution >= 4 is 38.3 Å². The van der Waals surface area contributed by atoms with Gasteiger partial charge in [-0.25, -0.2) is 14.4 Å². The predicted octanol–water partition coefficient (Wildman–Crippen LogP) is 3.54. The molecule has 0 heterocycles. The summed E-state index contributed by atoms with van der Waals surface area (Å²) in [6.07, 6.45) is -0.924. The average Bonchev–Trinajstić information content (AvgIpc) is 2.94. The summed E-state index contributed by atoms with van der Waals surface area (Å²) in [5.41, 5.74) is -1.59. The van der Waals surface area contributed by atoms with Gasteiger partial charge in [-0.1, -0.05) is 20.8 Å². The number of carbonyl (C=O) groups excluding carboxylic acids is 5. The van der Waals surface area contributed by atoms with Gasteiger partial charge in [0.2, 0.25) is 0 Å². The first-order valence-electron chi connectivity index (χ1n) is 15.2. The number of methoxy groups -OCH3 is 1. The number of ether oxygens (including phenoxy) is 7. The number of carbonyl (C=O) groups is 5. The van der Waals surface area contributed by atoms with E-state index in [1.807, 2.05) is 0 Å². The highest BCUT2D eigenvalue weighted by Crippen LogP contribution is 2.36. The maximum Gasteiger partial charge on any atom is 0.407 e. The maximum atomic E-state index is 13.0. The molecule has 15 heteroatoms. The van der Waals surface area contributed by atoms with Crippen molar-refractivity contribution in [3.63, 3.8) is 0 Å². The molecule has 0 aromatic rings. The van der Waals surface area contributed by atoms with Crippen molar-refractivity contribution < 1.29 is 61.6 Å².